The van der Waals surface area contributed by atoms with Crippen molar-refractivity contribution in [1.29, 1.82) is 0 Å². The molecule has 0 saturated carbocycles. The first-order valence-corrected chi connectivity index (χ1v) is 7.09. The average Bonchev–Trinajstić information content (AvgIpc) is 2.52. The van der Waals surface area contributed by atoms with Gasteiger partial charge in [0.1, 0.15) is 0 Å². The lowest BCUT2D eigenvalue weighted by atomic mass is 9.99. The summed E-state index contributed by atoms with van der Waals surface area (Å²) in [6, 6.07) is 8.83. The van der Waals surface area contributed by atoms with Crippen LogP contribution in [0.25, 0.3) is 0 Å². The van der Waals surface area contributed by atoms with Crippen molar-refractivity contribution in [3.8, 4) is 0 Å². The standard InChI is InChI=1S/C15H22ClNO/c1-10(2)14-8-9-18-15(11(3)17-14)12-4-6-13(16)7-5-12/h4-7,10-11,14-15,17H,8-9H2,1-3H3. The van der Waals surface area contributed by atoms with Crippen LogP contribution in [0.1, 0.15) is 38.9 Å². The van der Waals surface area contributed by atoms with Gasteiger partial charge in [0.25, 0.3) is 0 Å². The van der Waals surface area contributed by atoms with Gasteiger partial charge in [-0.25, -0.2) is 0 Å². The third-order valence-corrected chi connectivity index (χ3v) is 3.91. The molecule has 3 heteroatoms. The summed E-state index contributed by atoms with van der Waals surface area (Å²) in [5.41, 5.74) is 1.20. The van der Waals surface area contributed by atoms with Crippen LogP contribution < -0.4 is 5.32 Å². The minimum Gasteiger partial charge on any atom is -0.372 e. The van der Waals surface area contributed by atoms with Gasteiger partial charge in [0.15, 0.2) is 0 Å². The van der Waals surface area contributed by atoms with E-state index in [1.807, 2.05) is 12.1 Å². The molecule has 1 fully saturated rings. The first kappa shape index (κ1) is 13.9. The third-order valence-electron chi connectivity index (χ3n) is 3.66. The molecule has 100 valence electrons. The van der Waals surface area contributed by atoms with Gasteiger partial charge < -0.3 is 10.1 Å². The van der Waals surface area contributed by atoms with E-state index in [1.165, 1.54) is 5.56 Å². The lowest BCUT2D eigenvalue weighted by Crippen LogP contribution is -2.41. The highest BCUT2D eigenvalue weighted by Crippen LogP contribution is 2.27. The Balaban J connectivity index is 2.11. The Bertz CT molecular complexity index is 377. The smallest absolute Gasteiger partial charge is 0.0975 e. The monoisotopic (exact) mass is 267 g/mol. The molecule has 0 aliphatic carbocycles. The second-order valence-electron chi connectivity index (χ2n) is 5.44. The largest absolute Gasteiger partial charge is 0.372 e. The molecule has 0 aromatic heterocycles. The Morgan fingerprint density at radius 3 is 2.56 bits per heavy atom. The third kappa shape index (κ3) is 3.25. The van der Waals surface area contributed by atoms with E-state index in [9.17, 15) is 0 Å². The van der Waals surface area contributed by atoms with Gasteiger partial charge in [0.2, 0.25) is 0 Å². The molecule has 1 aliphatic heterocycles. The van der Waals surface area contributed by atoms with Crippen molar-refractivity contribution in [2.45, 2.75) is 45.4 Å². The molecule has 1 aliphatic rings. The highest BCUT2D eigenvalue weighted by atomic mass is 35.5. The van der Waals surface area contributed by atoms with Crippen molar-refractivity contribution in [3.63, 3.8) is 0 Å². The van der Waals surface area contributed by atoms with Gasteiger partial charge in [-0.15, -0.1) is 0 Å². The molecular weight excluding hydrogens is 246 g/mol. The van der Waals surface area contributed by atoms with Crippen LogP contribution in [0.3, 0.4) is 0 Å². The Hall–Kier alpha value is -0.570. The topological polar surface area (TPSA) is 21.3 Å². The maximum absolute atomic E-state index is 6.02. The summed E-state index contributed by atoms with van der Waals surface area (Å²) in [6.07, 6.45) is 1.19. The number of hydrogen-bond donors (Lipinski definition) is 1. The van der Waals surface area contributed by atoms with Crippen LogP contribution in [0, 0.1) is 5.92 Å². The van der Waals surface area contributed by atoms with E-state index in [0.29, 0.717) is 18.0 Å². The molecule has 1 N–H and O–H groups in total. The van der Waals surface area contributed by atoms with Crippen molar-refractivity contribution in [2.24, 2.45) is 5.92 Å². The van der Waals surface area contributed by atoms with Crippen LogP contribution >= 0.6 is 11.6 Å². The fourth-order valence-electron chi connectivity index (χ4n) is 2.54. The number of benzene rings is 1. The van der Waals surface area contributed by atoms with E-state index in [4.69, 9.17) is 16.3 Å². The zero-order valence-electron chi connectivity index (χ0n) is 11.3. The van der Waals surface area contributed by atoms with E-state index in [2.05, 4.69) is 38.2 Å². The normalized spacial score (nSPS) is 29.3. The highest BCUT2D eigenvalue weighted by molar-refractivity contribution is 6.30. The minimum atomic E-state index is 0.117. The van der Waals surface area contributed by atoms with E-state index < -0.39 is 0 Å². The lowest BCUT2D eigenvalue weighted by molar-refractivity contribution is 0.0461. The molecule has 18 heavy (non-hydrogen) atoms. The van der Waals surface area contributed by atoms with Crippen LogP contribution in [0.2, 0.25) is 5.02 Å². The van der Waals surface area contributed by atoms with Crippen LogP contribution in [-0.2, 0) is 4.74 Å². The van der Waals surface area contributed by atoms with Gasteiger partial charge in [-0.05, 0) is 37.0 Å². The Morgan fingerprint density at radius 1 is 1.28 bits per heavy atom. The van der Waals surface area contributed by atoms with Gasteiger partial charge in [-0.1, -0.05) is 37.6 Å². The predicted octanol–water partition coefficient (Wildman–Crippen LogP) is 3.80. The molecule has 1 heterocycles. The fourth-order valence-corrected chi connectivity index (χ4v) is 2.66. The van der Waals surface area contributed by atoms with Crippen molar-refractivity contribution in [3.05, 3.63) is 34.9 Å². The number of hydrogen-bond acceptors (Lipinski definition) is 2. The van der Waals surface area contributed by atoms with Gasteiger partial charge in [-0.2, -0.15) is 0 Å². The molecule has 0 spiro atoms. The van der Waals surface area contributed by atoms with E-state index in [-0.39, 0.29) is 6.10 Å². The molecular formula is C15H22ClNO. The first-order chi connectivity index (χ1) is 8.58. The molecule has 3 atom stereocenters. The molecule has 1 aromatic carbocycles. The predicted molar refractivity (Wildman–Crippen MR) is 76.0 cm³/mol. The quantitative estimate of drug-likeness (QED) is 0.880. The SMILES string of the molecule is CC(C)C1CCOC(c2ccc(Cl)cc2)C(C)N1. The van der Waals surface area contributed by atoms with E-state index in [1.54, 1.807) is 0 Å². The summed E-state index contributed by atoms with van der Waals surface area (Å²) in [7, 11) is 0. The second-order valence-corrected chi connectivity index (χ2v) is 5.87. The number of ether oxygens (including phenoxy) is 1. The molecule has 0 radical (unpaired) electrons. The summed E-state index contributed by atoms with van der Waals surface area (Å²) >= 11 is 5.93. The Morgan fingerprint density at radius 2 is 1.94 bits per heavy atom. The zero-order valence-corrected chi connectivity index (χ0v) is 12.1. The molecule has 2 nitrogen and oxygen atoms in total. The summed E-state index contributed by atoms with van der Waals surface area (Å²) in [4.78, 5) is 0. The summed E-state index contributed by atoms with van der Waals surface area (Å²) < 4.78 is 6.02. The molecule has 0 bridgehead atoms. The maximum Gasteiger partial charge on any atom is 0.0975 e. The fraction of sp³-hybridized carbons (Fsp3) is 0.600. The van der Waals surface area contributed by atoms with Crippen molar-refractivity contribution in [2.75, 3.05) is 6.61 Å². The molecule has 2 rings (SSSR count). The number of rotatable bonds is 2. The highest BCUT2D eigenvalue weighted by Gasteiger charge is 2.27. The van der Waals surface area contributed by atoms with Crippen molar-refractivity contribution in [1.82, 2.24) is 5.32 Å². The minimum absolute atomic E-state index is 0.117. The van der Waals surface area contributed by atoms with E-state index >= 15 is 0 Å². The second kappa shape index (κ2) is 6.05. The van der Waals surface area contributed by atoms with Gasteiger partial charge in [0.05, 0.1) is 6.10 Å². The van der Waals surface area contributed by atoms with Crippen LogP contribution in [0.15, 0.2) is 24.3 Å². The van der Waals surface area contributed by atoms with Crippen LogP contribution in [-0.4, -0.2) is 18.7 Å². The maximum atomic E-state index is 6.02. The average molecular weight is 268 g/mol. The molecule has 3 unspecified atom stereocenters. The Labute approximate surface area is 115 Å². The molecule has 1 aromatic rings. The summed E-state index contributed by atoms with van der Waals surface area (Å²) in [5.74, 6) is 0.639. The van der Waals surface area contributed by atoms with Gasteiger partial charge in [0, 0.05) is 23.7 Å². The number of nitrogens with one attached hydrogen (secondary N) is 1. The number of halogens is 1. The van der Waals surface area contributed by atoms with E-state index in [0.717, 1.165) is 18.1 Å². The van der Waals surface area contributed by atoms with Crippen molar-refractivity contribution >= 4 is 11.6 Å². The summed E-state index contributed by atoms with van der Waals surface area (Å²) in [6.45, 7) is 7.52. The molecule has 0 amide bonds. The van der Waals surface area contributed by atoms with Crippen molar-refractivity contribution < 1.29 is 4.74 Å². The van der Waals surface area contributed by atoms with Crippen LogP contribution in [0.4, 0.5) is 0 Å². The van der Waals surface area contributed by atoms with Crippen LogP contribution in [0.5, 0.6) is 0 Å². The Kier molecular flexibility index (Phi) is 4.66. The molecule has 1 saturated heterocycles. The summed E-state index contributed by atoms with van der Waals surface area (Å²) in [5, 5.41) is 4.45. The van der Waals surface area contributed by atoms with Gasteiger partial charge >= 0.3 is 0 Å². The lowest BCUT2D eigenvalue weighted by Gasteiger charge is -2.26. The first-order valence-electron chi connectivity index (χ1n) is 6.71. The zero-order chi connectivity index (χ0) is 13.1. The van der Waals surface area contributed by atoms with Gasteiger partial charge in [-0.3, -0.25) is 0 Å².